The van der Waals surface area contributed by atoms with Gasteiger partial charge in [0.1, 0.15) is 5.75 Å². The lowest BCUT2D eigenvalue weighted by atomic mass is 10.3. The summed E-state index contributed by atoms with van der Waals surface area (Å²) in [6.07, 6.45) is 0. The van der Waals surface area contributed by atoms with Crippen LogP contribution in [0.2, 0.25) is 5.02 Å². The van der Waals surface area contributed by atoms with Gasteiger partial charge in [0.15, 0.2) is 0 Å². The van der Waals surface area contributed by atoms with Crippen LogP contribution in [0.3, 0.4) is 0 Å². The number of rotatable bonds is 3. The van der Waals surface area contributed by atoms with E-state index < -0.39 is 0 Å². The highest BCUT2D eigenvalue weighted by Crippen LogP contribution is 2.30. The number of urea groups is 1. The zero-order valence-electron chi connectivity index (χ0n) is 9.64. The van der Waals surface area contributed by atoms with E-state index in [9.17, 15) is 4.79 Å². The van der Waals surface area contributed by atoms with Gasteiger partial charge in [0, 0.05) is 12.2 Å². The third-order valence-electron chi connectivity index (χ3n) is 2.64. The van der Waals surface area contributed by atoms with Crippen molar-refractivity contribution in [3.05, 3.63) is 23.2 Å². The highest BCUT2D eigenvalue weighted by atomic mass is 35.5. The van der Waals surface area contributed by atoms with Crippen LogP contribution in [0.25, 0.3) is 0 Å². The fraction of sp³-hybridized carbons (Fsp3) is 0.364. The number of benzene rings is 1. The number of methoxy groups -OCH3 is 1. The molecule has 0 aromatic heterocycles. The third kappa shape index (κ3) is 2.16. The molecule has 17 heavy (non-hydrogen) atoms. The van der Waals surface area contributed by atoms with E-state index in [1.165, 1.54) is 12.2 Å². The number of carbonyl (C=O) groups excluding carboxylic acids is 1. The molecule has 5 nitrogen and oxygen atoms in total. The van der Waals surface area contributed by atoms with E-state index in [1.807, 2.05) is 0 Å². The SMILES string of the molecule is COc1ccc(N2CCN(OC)C2=O)cc1Cl. The number of hydroxylamine groups is 2. The zero-order valence-corrected chi connectivity index (χ0v) is 10.4. The summed E-state index contributed by atoms with van der Waals surface area (Å²) in [5.41, 5.74) is 0.736. The lowest BCUT2D eigenvalue weighted by Gasteiger charge is -2.17. The van der Waals surface area contributed by atoms with Gasteiger partial charge in [-0.25, -0.2) is 9.86 Å². The summed E-state index contributed by atoms with van der Waals surface area (Å²) in [6, 6.07) is 5.05. The van der Waals surface area contributed by atoms with Gasteiger partial charge in [-0.2, -0.15) is 0 Å². The van der Waals surface area contributed by atoms with E-state index >= 15 is 0 Å². The Bertz CT molecular complexity index is 439. The van der Waals surface area contributed by atoms with Gasteiger partial charge in [-0.1, -0.05) is 11.6 Å². The predicted octanol–water partition coefficient (Wildman–Crippen LogP) is 2.15. The Balaban J connectivity index is 2.24. The lowest BCUT2D eigenvalue weighted by molar-refractivity contribution is -0.0698. The second kappa shape index (κ2) is 4.81. The van der Waals surface area contributed by atoms with Crippen LogP contribution in [0.4, 0.5) is 10.5 Å². The van der Waals surface area contributed by atoms with E-state index in [1.54, 1.807) is 30.2 Å². The first-order valence-corrected chi connectivity index (χ1v) is 5.52. The quantitative estimate of drug-likeness (QED) is 0.832. The van der Waals surface area contributed by atoms with Gasteiger partial charge < -0.3 is 4.74 Å². The number of anilines is 1. The Hall–Kier alpha value is -1.46. The number of amides is 2. The van der Waals surface area contributed by atoms with Crippen molar-refractivity contribution in [1.82, 2.24) is 5.06 Å². The van der Waals surface area contributed by atoms with Crippen LogP contribution in [-0.4, -0.2) is 38.4 Å². The standard InChI is InChI=1S/C11H13ClN2O3/c1-16-10-4-3-8(7-9(10)12)13-5-6-14(17-2)11(13)15/h3-4,7H,5-6H2,1-2H3. The molecule has 0 N–H and O–H groups in total. The minimum Gasteiger partial charge on any atom is -0.495 e. The van der Waals surface area contributed by atoms with Gasteiger partial charge in [-0.15, -0.1) is 0 Å². The monoisotopic (exact) mass is 256 g/mol. The highest BCUT2D eigenvalue weighted by molar-refractivity contribution is 6.32. The summed E-state index contributed by atoms with van der Waals surface area (Å²) in [5, 5.41) is 1.78. The molecule has 0 spiro atoms. The van der Waals surface area contributed by atoms with Crippen molar-refractivity contribution >= 4 is 23.3 Å². The third-order valence-corrected chi connectivity index (χ3v) is 2.93. The van der Waals surface area contributed by atoms with Crippen molar-refractivity contribution in [3.8, 4) is 5.75 Å². The maximum absolute atomic E-state index is 11.9. The van der Waals surface area contributed by atoms with Crippen molar-refractivity contribution in [2.75, 3.05) is 32.2 Å². The minimum atomic E-state index is -0.186. The molecule has 2 rings (SSSR count). The molecule has 1 aliphatic rings. The number of ether oxygens (including phenoxy) is 1. The average Bonchev–Trinajstić information content (AvgIpc) is 2.70. The maximum atomic E-state index is 11.9. The van der Waals surface area contributed by atoms with Gasteiger partial charge in [0.05, 0.1) is 25.8 Å². The normalized spacial score (nSPS) is 15.6. The van der Waals surface area contributed by atoms with Crippen molar-refractivity contribution in [2.24, 2.45) is 0 Å². The average molecular weight is 257 g/mol. The molecule has 2 amide bonds. The van der Waals surface area contributed by atoms with Crippen molar-refractivity contribution in [1.29, 1.82) is 0 Å². The summed E-state index contributed by atoms with van der Waals surface area (Å²) in [4.78, 5) is 18.4. The Kier molecular flexibility index (Phi) is 3.40. The molecule has 0 unspecified atom stereocenters. The molecular weight excluding hydrogens is 244 g/mol. The summed E-state index contributed by atoms with van der Waals surface area (Å²) < 4.78 is 5.06. The van der Waals surface area contributed by atoms with Gasteiger partial charge in [-0.3, -0.25) is 9.74 Å². The van der Waals surface area contributed by atoms with Crippen LogP contribution in [0.15, 0.2) is 18.2 Å². The van der Waals surface area contributed by atoms with Gasteiger partial charge in [0.2, 0.25) is 0 Å². The highest BCUT2D eigenvalue weighted by Gasteiger charge is 2.30. The molecule has 1 fully saturated rings. The fourth-order valence-electron chi connectivity index (χ4n) is 1.75. The molecule has 1 heterocycles. The smallest absolute Gasteiger partial charge is 0.348 e. The molecule has 0 saturated carbocycles. The molecule has 1 aromatic rings. The fourth-order valence-corrected chi connectivity index (χ4v) is 2.00. The van der Waals surface area contributed by atoms with Crippen LogP contribution in [-0.2, 0) is 4.84 Å². The number of hydrogen-bond acceptors (Lipinski definition) is 3. The predicted molar refractivity (Wildman–Crippen MR) is 64.5 cm³/mol. The van der Waals surface area contributed by atoms with E-state index in [4.69, 9.17) is 21.2 Å². The number of hydrogen-bond donors (Lipinski definition) is 0. The van der Waals surface area contributed by atoms with Gasteiger partial charge >= 0.3 is 6.03 Å². The van der Waals surface area contributed by atoms with Crippen LogP contribution in [0.1, 0.15) is 0 Å². The van der Waals surface area contributed by atoms with Gasteiger partial charge in [-0.05, 0) is 18.2 Å². The molecule has 0 aliphatic carbocycles. The lowest BCUT2D eigenvalue weighted by Crippen LogP contribution is -2.30. The number of halogens is 1. The maximum Gasteiger partial charge on any atom is 0.348 e. The Labute approximate surface area is 104 Å². The molecule has 0 radical (unpaired) electrons. The van der Waals surface area contributed by atoms with E-state index in [-0.39, 0.29) is 6.03 Å². The molecule has 0 bridgehead atoms. The first-order chi connectivity index (χ1) is 8.17. The Morgan fingerprint density at radius 1 is 1.29 bits per heavy atom. The molecule has 1 saturated heterocycles. The number of nitrogens with zero attached hydrogens (tertiary/aromatic N) is 2. The van der Waals surface area contributed by atoms with E-state index in [0.29, 0.717) is 23.9 Å². The van der Waals surface area contributed by atoms with E-state index in [2.05, 4.69) is 0 Å². The molecule has 0 atom stereocenters. The summed E-state index contributed by atoms with van der Waals surface area (Å²) in [7, 11) is 3.02. The zero-order chi connectivity index (χ0) is 12.4. The minimum absolute atomic E-state index is 0.186. The molecule has 1 aliphatic heterocycles. The van der Waals surface area contributed by atoms with Gasteiger partial charge in [0.25, 0.3) is 0 Å². The van der Waals surface area contributed by atoms with Crippen molar-refractivity contribution < 1.29 is 14.4 Å². The largest absolute Gasteiger partial charge is 0.495 e. The Morgan fingerprint density at radius 2 is 2.06 bits per heavy atom. The second-order valence-corrected chi connectivity index (χ2v) is 3.94. The van der Waals surface area contributed by atoms with Crippen LogP contribution < -0.4 is 9.64 Å². The van der Waals surface area contributed by atoms with Crippen LogP contribution in [0.5, 0.6) is 5.75 Å². The topological polar surface area (TPSA) is 42.0 Å². The second-order valence-electron chi connectivity index (χ2n) is 3.54. The molecule has 1 aromatic carbocycles. The van der Waals surface area contributed by atoms with Crippen LogP contribution >= 0.6 is 11.6 Å². The molecule has 92 valence electrons. The van der Waals surface area contributed by atoms with Crippen LogP contribution in [0, 0.1) is 0 Å². The summed E-state index contributed by atoms with van der Waals surface area (Å²) in [6.45, 7) is 1.12. The number of carbonyl (C=O) groups is 1. The molecule has 6 heteroatoms. The van der Waals surface area contributed by atoms with Crippen molar-refractivity contribution in [2.45, 2.75) is 0 Å². The first-order valence-electron chi connectivity index (χ1n) is 5.14. The molecular formula is C11H13ClN2O3. The van der Waals surface area contributed by atoms with E-state index in [0.717, 1.165) is 5.69 Å². The Morgan fingerprint density at radius 3 is 2.59 bits per heavy atom. The summed E-state index contributed by atoms with van der Waals surface area (Å²) in [5.74, 6) is 0.589. The summed E-state index contributed by atoms with van der Waals surface area (Å²) >= 11 is 6.02. The first kappa shape index (κ1) is 12.0. The van der Waals surface area contributed by atoms with Crippen molar-refractivity contribution in [3.63, 3.8) is 0 Å².